The molecule has 1 saturated carbocycles. The molecule has 1 aromatic heterocycles. The van der Waals surface area contributed by atoms with Gasteiger partial charge in [-0.1, -0.05) is 30.3 Å². The summed E-state index contributed by atoms with van der Waals surface area (Å²) in [5.74, 6) is -1.43. The Morgan fingerprint density at radius 3 is 2.50 bits per heavy atom. The third-order valence-electron chi connectivity index (χ3n) is 5.92. The quantitative estimate of drug-likeness (QED) is 0.323. The van der Waals surface area contributed by atoms with Crippen LogP contribution in [0.1, 0.15) is 35.2 Å². The molecule has 4 rings (SSSR count). The van der Waals surface area contributed by atoms with Crippen LogP contribution in [0.5, 0.6) is 0 Å². The summed E-state index contributed by atoms with van der Waals surface area (Å²) < 4.78 is 1.54. The maximum Gasteiger partial charge on any atom is 0.322 e. The molecular weight excluding hydrogens is 410 g/mol. The van der Waals surface area contributed by atoms with Crippen LogP contribution in [0.4, 0.5) is 0 Å². The molecule has 0 atom stereocenters. The minimum Gasteiger partial charge on any atom is -0.480 e. The Balaban J connectivity index is 1.68. The fraction of sp³-hybridized carbons (Fsp3) is 0.261. The van der Waals surface area contributed by atoms with Crippen molar-refractivity contribution in [1.29, 1.82) is 5.41 Å². The average Bonchev–Trinajstić information content (AvgIpc) is 3.58. The van der Waals surface area contributed by atoms with Gasteiger partial charge >= 0.3 is 5.97 Å². The van der Waals surface area contributed by atoms with Crippen LogP contribution in [-0.2, 0) is 28.5 Å². The first-order valence-electron chi connectivity index (χ1n) is 10.1. The smallest absolute Gasteiger partial charge is 0.322 e. The summed E-state index contributed by atoms with van der Waals surface area (Å²) in [4.78, 5) is 40.8. The van der Waals surface area contributed by atoms with Crippen molar-refractivity contribution in [2.45, 2.75) is 24.7 Å². The Hall–Kier alpha value is -4.01. The maximum atomic E-state index is 12.8. The van der Waals surface area contributed by atoms with E-state index in [1.807, 2.05) is 18.2 Å². The molecular formula is C23H23N5O4. The number of amides is 1. The van der Waals surface area contributed by atoms with Gasteiger partial charge in [0, 0.05) is 19.0 Å². The number of rotatable bonds is 7. The lowest BCUT2D eigenvalue weighted by atomic mass is 9.94. The summed E-state index contributed by atoms with van der Waals surface area (Å²) in [6.07, 6.45) is 1.57. The summed E-state index contributed by atoms with van der Waals surface area (Å²) in [6.45, 7) is -0.423. The molecule has 1 fully saturated rings. The van der Waals surface area contributed by atoms with Gasteiger partial charge in [-0.3, -0.25) is 19.8 Å². The Bertz CT molecular complexity index is 1310. The van der Waals surface area contributed by atoms with Crippen molar-refractivity contribution >= 4 is 28.7 Å². The molecule has 1 amide bonds. The number of amidine groups is 1. The number of nitrogens with one attached hydrogen (secondary N) is 2. The fourth-order valence-electron chi connectivity index (χ4n) is 3.90. The van der Waals surface area contributed by atoms with E-state index in [1.54, 1.807) is 31.3 Å². The summed E-state index contributed by atoms with van der Waals surface area (Å²) in [7, 11) is 1.68. The van der Waals surface area contributed by atoms with Crippen LogP contribution in [0.15, 0.2) is 47.3 Å². The van der Waals surface area contributed by atoms with Gasteiger partial charge < -0.3 is 20.7 Å². The highest BCUT2D eigenvalue weighted by Crippen LogP contribution is 2.48. The molecule has 1 heterocycles. The number of carboxylic acid groups (broad SMARTS) is 1. The highest BCUT2D eigenvalue weighted by molar-refractivity contribution is 5.95. The standard InChI is InChI=1S/C23H23N5O4/c1-28-18-7-6-15(23(8-9-23)22(32)26-12-19(29)30)11-16(18)27-17(21(28)31)10-13-2-4-14(5-3-13)20(24)25/h2-7,11H,8-10,12H2,1H3,(H3,24,25)(H,26,32)(H,29,30). The number of benzene rings is 2. The lowest BCUT2D eigenvalue weighted by Gasteiger charge is -2.16. The van der Waals surface area contributed by atoms with Crippen molar-refractivity contribution < 1.29 is 14.7 Å². The van der Waals surface area contributed by atoms with Gasteiger partial charge in [0.05, 0.1) is 16.4 Å². The molecule has 0 saturated heterocycles. The van der Waals surface area contributed by atoms with E-state index in [1.165, 1.54) is 4.57 Å². The SMILES string of the molecule is Cn1c(=O)c(Cc2ccc(C(=N)N)cc2)nc2cc(C3(C(=O)NCC(=O)O)CC3)ccc21. The second kappa shape index (κ2) is 7.92. The number of hydrogen-bond acceptors (Lipinski definition) is 5. The van der Waals surface area contributed by atoms with E-state index in [0.717, 1.165) is 11.1 Å². The molecule has 1 aliphatic rings. The fourth-order valence-corrected chi connectivity index (χ4v) is 3.90. The van der Waals surface area contributed by atoms with Crippen molar-refractivity contribution in [3.05, 3.63) is 75.2 Å². The van der Waals surface area contributed by atoms with Crippen LogP contribution in [0.3, 0.4) is 0 Å². The molecule has 0 spiro atoms. The molecule has 1 aliphatic carbocycles. The number of carboxylic acids is 1. The Morgan fingerprint density at radius 2 is 1.91 bits per heavy atom. The number of fused-ring (bicyclic) bond motifs is 1. The Kier molecular flexibility index (Phi) is 5.25. The predicted octanol–water partition coefficient (Wildman–Crippen LogP) is 1.04. The first kappa shape index (κ1) is 21.2. The van der Waals surface area contributed by atoms with Gasteiger partial charge in [0.1, 0.15) is 18.1 Å². The van der Waals surface area contributed by atoms with Crippen LogP contribution < -0.4 is 16.6 Å². The summed E-state index contributed by atoms with van der Waals surface area (Å²) >= 11 is 0. The zero-order valence-corrected chi connectivity index (χ0v) is 17.5. The molecule has 0 unspecified atom stereocenters. The minimum atomic E-state index is -1.09. The Morgan fingerprint density at radius 1 is 1.22 bits per heavy atom. The lowest BCUT2D eigenvalue weighted by molar-refractivity contribution is -0.138. The molecule has 9 heteroatoms. The zero-order valence-electron chi connectivity index (χ0n) is 17.5. The van der Waals surface area contributed by atoms with Gasteiger partial charge in [0.15, 0.2) is 0 Å². The normalized spacial score (nSPS) is 14.2. The van der Waals surface area contributed by atoms with Gasteiger partial charge in [-0.25, -0.2) is 4.98 Å². The molecule has 0 radical (unpaired) electrons. The zero-order chi connectivity index (χ0) is 23.0. The molecule has 2 aromatic carbocycles. The largest absolute Gasteiger partial charge is 0.480 e. The third-order valence-corrected chi connectivity index (χ3v) is 5.92. The van der Waals surface area contributed by atoms with Gasteiger partial charge in [-0.2, -0.15) is 0 Å². The second-order valence-electron chi connectivity index (χ2n) is 8.07. The van der Waals surface area contributed by atoms with Gasteiger partial charge in [0.25, 0.3) is 5.56 Å². The predicted molar refractivity (Wildman–Crippen MR) is 119 cm³/mol. The lowest BCUT2D eigenvalue weighted by Crippen LogP contribution is -2.37. The molecule has 164 valence electrons. The number of nitrogen functional groups attached to an aromatic ring is 1. The maximum absolute atomic E-state index is 12.8. The van der Waals surface area contributed by atoms with E-state index in [2.05, 4.69) is 10.3 Å². The number of hydrogen-bond donors (Lipinski definition) is 4. The first-order valence-corrected chi connectivity index (χ1v) is 10.1. The van der Waals surface area contributed by atoms with Crippen molar-refractivity contribution in [2.24, 2.45) is 12.8 Å². The molecule has 3 aromatic rings. The first-order chi connectivity index (χ1) is 15.2. The molecule has 5 N–H and O–H groups in total. The number of nitrogens with zero attached hydrogens (tertiary/aromatic N) is 2. The van der Waals surface area contributed by atoms with Crippen LogP contribution in [-0.4, -0.2) is 38.9 Å². The highest BCUT2D eigenvalue weighted by Gasteiger charge is 2.51. The highest BCUT2D eigenvalue weighted by atomic mass is 16.4. The van der Waals surface area contributed by atoms with E-state index in [9.17, 15) is 14.4 Å². The van der Waals surface area contributed by atoms with Crippen LogP contribution in [0, 0.1) is 5.41 Å². The summed E-state index contributed by atoms with van der Waals surface area (Å²) in [5.41, 5.74) is 8.38. The van der Waals surface area contributed by atoms with Gasteiger partial charge in [-0.05, 0) is 36.1 Å². The van der Waals surface area contributed by atoms with Crippen LogP contribution in [0.2, 0.25) is 0 Å². The molecule has 32 heavy (non-hydrogen) atoms. The second-order valence-corrected chi connectivity index (χ2v) is 8.07. The van der Waals surface area contributed by atoms with Crippen LogP contribution in [0.25, 0.3) is 11.0 Å². The van der Waals surface area contributed by atoms with Crippen molar-refractivity contribution in [3.8, 4) is 0 Å². The topological polar surface area (TPSA) is 151 Å². The van der Waals surface area contributed by atoms with E-state index in [0.29, 0.717) is 41.6 Å². The van der Waals surface area contributed by atoms with Crippen molar-refractivity contribution in [2.75, 3.05) is 6.54 Å². The average molecular weight is 433 g/mol. The van der Waals surface area contributed by atoms with E-state index in [-0.39, 0.29) is 17.3 Å². The number of aromatic nitrogens is 2. The summed E-state index contributed by atoms with van der Waals surface area (Å²) in [5, 5.41) is 18.8. The minimum absolute atomic E-state index is 0.0229. The molecule has 0 bridgehead atoms. The van der Waals surface area contributed by atoms with Gasteiger partial charge in [-0.15, -0.1) is 0 Å². The number of aliphatic carboxylic acids is 1. The molecule has 9 nitrogen and oxygen atoms in total. The van der Waals surface area contributed by atoms with E-state index >= 15 is 0 Å². The Labute approximate surface area is 183 Å². The van der Waals surface area contributed by atoms with Gasteiger partial charge in [0.2, 0.25) is 5.91 Å². The monoisotopic (exact) mass is 433 g/mol. The molecule has 0 aliphatic heterocycles. The van der Waals surface area contributed by atoms with Crippen molar-refractivity contribution in [1.82, 2.24) is 14.9 Å². The number of aryl methyl sites for hydroxylation is 1. The van der Waals surface area contributed by atoms with E-state index < -0.39 is 17.9 Å². The number of carbonyl (C=O) groups excluding carboxylic acids is 1. The number of nitrogens with two attached hydrogens (primary N) is 1. The van der Waals surface area contributed by atoms with Crippen molar-refractivity contribution in [3.63, 3.8) is 0 Å². The van der Waals surface area contributed by atoms with E-state index in [4.69, 9.17) is 16.2 Å². The van der Waals surface area contributed by atoms with Crippen LogP contribution >= 0.6 is 0 Å². The number of carbonyl (C=O) groups is 2. The summed E-state index contributed by atoms with van der Waals surface area (Å²) in [6, 6.07) is 12.5. The third kappa shape index (κ3) is 3.84.